The van der Waals surface area contributed by atoms with Crippen LogP contribution < -0.4 is 10.5 Å². The number of hydrogen-bond donors (Lipinski definition) is 1. The molecule has 2 N–H and O–H groups in total. The molecule has 0 saturated heterocycles. The molecule has 2 aromatic rings. The molecule has 1 unspecified atom stereocenters. The van der Waals surface area contributed by atoms with Crippen molar-refractivity contribution in [2.75, 3.05) is 6.61 Å². The Kier molecular flexibility index (Phi) is 3.76. The van der Waals surface area contributed by atoms with E-state index in [1.807, 2.05) is 43.6 Å². The summed E-state index contributed by atoms with van der Waals surface area (Å²) in [6.07, 6.45) is 0. The minimum Gasteiger partial charge on any atom is -0.494 e. The predicted octanol–water partition coefficient (Wildman–Crippen LogP) is 2.90. The molecular weight excluding hydrogens is 232 g/mol. The number of thiazole rings is 1. The van der Waals surface area contributed by atoms with Gasteiger partial charge in [0.1, 0.15) is 5.75 Å². The van der Waals surface area contributed by atoms with Gasteiger partial charge in [0, 0.05) is 10.4 Å². The third kappa shape index (κ3) is 2.48. The van der Waals surface area contributed by atoms with E-state index in [0.717, 1.165) is 21.9 Å². The molecule has 1 heterocycles. The van der Waals surface area contributed by atoms with Gasteiger partial charge in [-0.05, 0) is 19.9 Å². The van der Waals surface area contributed by atoms with Crippen LogP contribution in [0, 0.1) is 6.92 Å². The maximum Gasteiger partial charge on any atom is 0.124 e. The van der Waals surface area contributed by atoms with Crippen molar-refractivity contribution in [3.63, 3.8) is 0 Å². The topological polar surface area (TPSA) is 48.1 Å². The molecule has 0 fully saturated rings. The first-order valence-electron chi connectivity index (χ1n) is 5.61. The van der Waals surface area contributed by atoms with E-state index < -0.39 is 0 Å². The van der Waals surface area contributed by atoms with Crippen LogP contribution in [0.15, 0.2) is 29.8 Å². The van der Waals surface area contributed by atoms with E-state index in [1.165, 1.54) is 0 Å². The highest BCUT2D eigenvalue weighted by Crippen LogP contribution is 2.31. The van der Waals surface area contributed by atoms with Crippen LogP contribution in [0.2, 0.25) is 0 Å². The second-order valence-electron chi connectivity index (χ2n) is 3.75. The second-order valence-corrected chi connectivity index (χ2v) is 4.64. The number of aryl methyl sites for hydroxylation is 1. The Balaban J connectivity index is 2.37. The molecule has 1 aromatic heterocycles. The lowest BCUT2D eigenvalue weighted by molar-refractivity contribution is 0.335. The third-order valence-corrected chi connectivity index (χ3v) is 3.63. The summed E-state index contributed by atoms with van der Waals surface area (Å²) in [5, 5.41) is 0. The van der Waals surface area contributed by atoms with E-state index in [9.17, 15) is 0 Å². The Morgan fingerprint density at radius 1 is 1.41 bits per heavy atom. The van der Waals surface area contributed by atoms with Crippen LogP contribution in [-0.4, -0.2) is 11.6 Å². The molecule has 17 heavy (non-hydrogen) atoms. The fourth-order valence-corrected chi connectivity index (χ4v) is 2.60. The van der Waals surface area contributed by atoms with Crippen molar-refractivity contribution in [3.05, 3.63) is 45.9 Å². The van der Waals surface area contributed by atoms with E-state index in [-0.39, 0.29) is 6.04 Å². The summed E-state index contributed by atoms with van der Waals surface area (Å²) in [5.74, 6) is 0.857. The highest BCUT2D eigenvalue weighted by molar-refractivity contribution is 7.09. The molecule has 4 heteroatoms. The Hall–Kier alpha value is -1.39. The number of aromatic nitrogens is 1. The van der Waals surface area contributed by atoms with Crippen LogP contribution in [0.1, 0.15) is 29.1 Å². The number of benzene rings is 1. The molecule has 0 aliphatic heterocycles. The molecule has 0 aliphatic rings. The molecule has 0 amide bonds. The van der Waals surface area contributed by atoms with Gasteiger partial charge >= 0.3 is 0 Å². The van der Waals surface area contributed by atoms with Crippen LogP contribution in [0.5, 0.6) is 5.75 Å². The second kappa shape index (κ2) is 5.29. The Bertz CT molecular complexity index is 496. The normalized spacial score (nSPS) is 12.4. The first-order chi connectivity index (χ1) is 8.24. The summed E-state index contributed by atoms with van der Waals surface area (Å²) in [5.41, 5.74) is 10.1. The van der Waals surface area contributed by atoms with Gasteiger partial charge in [-0.2, -0.15) is 0 Å². The Morgan fingerprint density at radius 3 is 2.82 bits per heavy atom. The minimum atomic E-state index is -0.162. The zero-order valence-corrected chi connectivity index (χ0v) is 10.8. The molecule has 1 aromatic carbocycles. The fraction of sp³-hybridized carbons (Fsp3) is 0.308. The van der Waals surface area contributed by atoms with Crippen molar-refractivity contribution in [3.8, 4) is 5.75 Å². The highest BCUT2D eigenvalue weighted by atomic mass is 32.1. The lowest BCUT2D eigenvalue weighted by Crippen LogP contribution is -2.13. The zero-order chi connectivity index (χ0) is 12.3. The summed E-state index contributed by atoms with van der Waals surface area (Å²) >= 11 is 1.59. The Labute approximate surface area is 105 Å². The monoisotopic (exact) mass is 248 g/mol. The average Bonchev–Trinajstić information content (AvgIpc) is 2.76. The third-order valence-electron chi connectivity index (χ3n) is 2.62. The van der Waals surface area contributed by atoms with Gasteiger partial charge in [-0.3, -0.25) is 0 Å². The predicted molar refractivity (Wildman–Crippen MR) is 70.5 cm³/mol. The quantitative estimate of drug-likeness (QED) is 0.905. The van der Waals surface area contributed by atoms with Gasteiger partial charge in [0.05, 0.1) is 23.9 Å². The van der Waals surface area contributed by atoms with Crippen LogP contribution in [0.4, 0.5) is 0 Å². The van der Waals surface area contributed by atoms with Crippen LogP contribution in [0.25, 0.3) is 0 Å². The number of para-hydroxylation sites is 1. The SMILES string of the molecule is CCOc1ccccc1C(N)c1scnc1C. The smallest absolute Gasteiger partial charge is 0.124 e. The van der Waals surface area contributed by atoms with E-state index in [1.54, 1.807) is 11.3 Å². The standard InChI is InChI=1S/C13H16N2OS/c1-3-16-11-7-5-4-6-10(11)12(14)13-9(2)15-8-17-13/h4-8,12H,3,14H2,1-2H3. The fourth-order valence-electron chi connectivity index (χ4n) is 1.78. The first-order valence-corrected chi connectivity index (χ1v) is 6.49. The summed E-state index contributed by atoms with van der Waals surface area (Å²) in [6.45, 7) is 4.60. The average molecular weight is 248 g/mol. The molecule has 90 valence electrons. The lowest BCUT2D eigenvalue weighted by Gasteiger charge is -2.15. The minimum absolute atomic E-state index is 0.162. The van der Waals surface area contributed by atoms with Crippen molar-refractivity contribution in [2.24, 2.45) is 5.73 Å². The number of nitrogens with two attached hydrogens (primary N) is 1. The van der Waals surface area contributed by atoms with Gasteiger partial charge in [0.25, 0.3) is 0 Å². The van der Waals surface area contributed by atoms with Gasteiger partial charge in [0.15, 0.2) is 0 Å². The lowest BCUT2D eigenvalue weighted by atomic mass is 10.0. The van der Waals surface area contributed by atoms with Gasteiger partial charge in [0.2, 0.25) is 0 Å². The van der Waals surface area contributed by atoms with Gasteiger partial charge in [-0.1, -0.05) is 18.2 Å². The van der Waals surface area contributed by atoms with E-state index >= 15 is 0 Å². The number of nitrogens with zero attached hydrogens (tertiary/aromatic N) is 1. The molecule has 0 spiro atoms. The van der Waals surface area contributed by atoms with E-state index in [4.69, 9.17) is 10.5 Å². The number of rotatable bonds is 4. The molecule has 0 saturated carbocycles. The van der Waals surface area contributed by atoms with Crippen molar-refractivity contribution < 1.29 is 4.74 Å². The molecule has 2 rings (SSSR count). The van der Waals surface area contributed by atoms with Gasteiger partial charge < -0.3 is 10.5 Å². The summed E-state index contributed by atoms with van der Waals surface area (Å²) < 4.78 is 5.60. The van der Waals surface area contributed by atoms with Crippen molar-refractivity contribution >= 4 is 11.3 Å². The van der Waals surface area contributed by atoms with Crippen molar-refractivity contribution in [2.45, 2.75) is 19.9 Å². The maximum atomic E-state index is 6.28. The molecule has 0 aliphatic carbocycles. The number of ether oxygens (including phenoxy) is 1. The Morgan fingerprint density at radius 2 is 2.18 bits per heavy atom. The highest BCUT2D eigenvalue weighted by Gasteiger charge is 2.17. The summed E-state index contributed by atoms with van der Waals surface area (Å²) in [4.78, 5) is 5.33. The molecule has 1 atom stereocenters. The van der Waals surface area contributed by atoms with Crippen LogP contribution >= 0.6 is 11.3 Å². The van der Waals surface area contributed by atoms with E-state index in [2.05, 4.69) is 4.98 Å². The zero-order valence-electron chi connectivity index (χ0n) is 10.0. The maximum absolute atomic E-state index is 6.28. The van der Waals surface area contributed by atoms with Crippen LogP contribution in [0.3, 0.4) is 0 Å². The first kappa shape index (κ1) is 12.1. The van der Waals surface area contributed by atoms with Crippen molar-refractivity contribution in [1.82, 2.24) is 4.98 Å². The molecular formula is C13H16N2OS. The molecule has 0 bridgehead atoms. The summed E-state index contributed by atoms with van der Waals surface area (Å²) in [7, 11) is 0. The van der Waals surface area contributed by atoms with Gasteiger partial charge in [-0.15, -0.1) is 11.3 Å². The van der Waals surface area contributed by atoms with E-state index in [0.29, 0.717) is 6.61 Å². The summed E-state index contributed by atoms with van der Waals surface area (Å²) in [6, 6.07) is 7.74. The molecule has 0 radical (unpaired) electrons. The number of hydrogen-bond acceptors (Lipinski definition) is 4. The molecule has 3 nitrogen and oxygen atoms in total. The largest absolute Gasteiger partial charge is 0.494 e. The van der Waals surface area contributed by atoms with Crippen molar-refractivity contribution in [1.29, 1.82) is 0 Å². The van der Waals surface area contributed by atoms with Gasteiger partial charge in [-0.25, -0.2) is 4.98 Å². The van der Waals surface area contributed by atoms with Crippen LogP contribution in [-0.2, 0) is 0 Å².